The van der Waals surface area contributed by atoms with Gasteiger partial charge in [-0.05, 0) is 6.07 Å². The largest absolute Gasteiger partial charge is 0.289 e. The first-order valence-corrected chi connectivity index (χ1v) is 4.80. The van der Waals surface area contributed by atoms with Gasteiger partial charge in [-0.1, -0.05) is 11.6 Å². The van der Waals surface area contributed by atoms with Crippen molar-refractivity contribution < 1.29 is 9.18 Å². The van der Waals surface area contributed by atoms with Gasteiger partial charge in [-0.25, -0.2) is 14.4 Å². The fraction of sp³-hybridized carbons (Fsp3) is 0. The summed E-state index contributed by atoms with van der Waals surface area (Å²) < 4.78 is 12.9. The maximum absolute atomic E-state index is 12.9. The third-order valence-corrected chi connectivity index (χ3v) is 2.06. The lowest BCUT2D eigenvalue weighted by Crippen LogP contribution is -2.15. The highest BCUT2D eigenvalue weighted by molar-refractivity contribution is 6.33. The highest BCUT2D eigenvalue weighted by Crippen LogP contribution is 2.14. The smallest absolute Gasteiger partial charge is 0.261 e. The molecule has 2 aromatic heterocycles. The second-order valence-electron chi connectivity index (χ2n) is 2.91. The average molecular weight is 254 g/mol. The number of rotatable bonds is 2. The van der Waals surface area contributed by atoms with Gasteiger partial charge < -0.3 is 0 Å². The third kappa shape index (κ3) is 2.70. The predicted octanol–water partition coefficient (Wildman–Crippen LogP) is 1.31. The van der Waals surface area contributed by atoms with Crippen molar-refractivity contribution in [3.8, 4) is 0 Å². The van der Waals surface area contributed by atoms with E-state index >= 15 is 0 Å². The molecule has 1 N–H and O–H groups in total. The van der Waals surface area contributed by atoms with Gasteiger partial charge in [0.1, 0.15) is 11.0 Å². The van der Waals surface area contributed by atoms with Crippen LogP contribution in [0.3, 0.4) is 0 Å². The Hall–Kier alpha value is -2.15. The molecule has 0 unspecified atom stereocenters. The molecule has 0 saturated heterocycles. The summed E-state index contributed by atoms with van der Waals surface area (Å²) >= 11 is 5.66. The number of hydrogen-bond acceptors (Lipinski definition) is 5. The van der Waals surface area contributed by atoms with E-state index in [1.807, 2.05) is 0 Å². The van der Waals surface area contributed by atoms with Crippen LogP contribution in [0.15, 0.2) is 24.7 Å². The van der Waals surface area contributed by atoms with Crippen LogP contribution in [-0.2, 0) is 0 Å². The van der Waals surface area contributed by atoms with Gasteiger partial charge >= 0.3 is 0 Å². The van der Waals surface area contributed by atoms with Gasteiger partial charge in [-0.15, -0.1) is 5.10 Å². The van der Waals surface area contributed by atoms with Crippen LogP contribution in [0, 0.1) is 5.82 Å². The van der Waals surface area contributed by atoms with Crippen LogP contribution in [0.1, 0.15) is 10.4 Å². The van der Waals surface area contributed by atoms with Crippen molar-refractivity contribution in [2.24, 2.45) is 0 Å². The molecule has 0 aliphatic heterocycles. The molecule has 0 spiro atoms. The second-order valence-corrected chi connectivity index (χ2v) is 3.27. The standard InChI is InChI=1S/C9H5ClFN5O/c10-7-6(3-5(11)4-13-7)8(17)15-9-12-1-2-14-16-9/h1-4H,(H,12,15,16,17). The lowest BCUT2D eigenvalue weighted by atomic mass is 10.2. The molecular weight excluding hydrogens is 249 g/mol. The Morgan fingerprint density at radius 2 is 2.18 bits per heavy atom. The summed E-state index contributed by atoms with van der Waals surface area (Å²) in [5.74, 6) is -1.32. The molecule has 2 rings (SSSR count). The number of carbonyl (C=O) groups is 1. The Bertz CT molecular complexity index is 550. The molecule has 2 aromatic rings. The van der Waals surface area contributed by atoms with E-state index in [4.69, 9.17) is 11.6 Å². The maximum Gasteiger partial charge on any atom is 0.261 e. The predicted molar refractivity (Wildman–Crippen MR) is 57.0 cm³/mol. The number of halogens is 2. The average Bonchev–Trinajstić information content (AvgIpc) is 2.33. The lowest BCUT2D eigenvalue weighted by Gasteiger charge is -2.03. The molecular formula is C9H5ClFN5O. The van der Waals surface area contributed by atoms with Gasteiger partial charge in [0, 0.05) is 0 Å². The number of aromatic nitrogens is 4. The lowest BCUT2D eigenvalue weighted by molar-refractivity contribution is 0.102. The zero-order chi connectivity index (χ0) is 12.3. The van der Waals surface area contributed by atoms with E-state index in [1.54, 1.807) is 0 Å². The van der Waals surface area contributed by atoms with E-state index in [2.05, 4.69) is 25.5 Å². The first-order chi connectivity index (χ1) is 8.16. The Labute approximate surface area is 99.9 Å². The van der Waals surface area contributed by atoms with E-state index in [1.165, 1.54) is 12.4 Å². The van der Waals surface area contributed by atoms with Gasteiger partial charge in [-0.2, -0.15) is 5.10 Å². The number of pyridine rings is 1. The normalized spacial score (nSPS) is 10.0. The topological polar surface area (TPSA) is 80.7 Å². The van der Waals surface area contributed by atoms with E-state index in [0.29, 0.717) is 0 Å². The summed E-state index contributed by atoms with van der Waals surface area (Å²) in [7, 11) is 0. The number of nitrogens with one attached hydrogen (secondary N) is 1. The van der Waals surface area contributed by atoms with Crippen molar-refractivity contribution >= 4 is 23.5 Å². The summed E-state index contributed by atoms with van der Waals surface area (Å²) in [6.07, 6.45) is 3.63. The summed E-state index contributed by atoms with van der Waals surface area (Å²) in [6, 6.07) is 0.973. The highest BCUT2D eigenvalue weighted by Gasteiger charge is 2.13. The fourth-order valence-corrected chi connectivity index (χ4v) is 1.24. The monoisotopic (exact) mass is 253 g/mol. The van der Waals surface area contributed by atoms with Gasteiger partial charge in [-0.3, -0.25) is 10.1 Å². The summed E-state index contributed by atoms with van der Waals surface area (Å²) in [5.41, 5.74) is -0.0980. The minimum Gasteiger partial charge on any atom is -0.289 e. The van der Waals surface area contributed by atoms with E-state index in [0.717, 1.165) is 12.3 Å². The summed E-state index contributed by atoms with van der Waals surface area (Å²) in [6.45, 7) is 0. The van der Waals surface area contributed by atoms with Crippen LogP contribution in [0.25, 0.3) is 0 Å². The van der Waals surface area contributed by atoms with Crippen molar-refractivity contribution in [2.45, 2.75) is 0 Å². The van der Waals surface area contributed by atoms with Gasteiger partial charge in [0.15, 0.2) is 0 Å². The Morgan fingerprint density at radius 1 is 1.35 bits per heavy atom. The Balaban J connectivity index is 2.23. The van der Waals surface area contributed by atoms with Crippen LogP contribution >= 0.6 is 11.6 Å². The van der Waals surface area contributed by atoms with Crippen molar-refractivity contribution in [1.82, 2.24) is 20.2 Å². The molecule has 0 radical (unpaired) electrons. The number of anilines is 1. The van der Waals surface area contributed by atoms with Crippen LogP contribution in [0.5, 0.6) is 0 Å². The minimum atomic E-state index is -0.661. The van der Waals surface area contributed by atoms with Crippen molar-refractivity contribution in [3.05, 3.63) is 41.2 Å². The third-order valence-electron chi connectivity index (χ3n) is 1.76. The molecule has 0 aliphatic carbocycles. The van der Waals surface area contributed by atoms with Crippen molar-refractivity contribution in [3.63, 3.8) is 0 Å². The van der Waals surface area contributed by atoms with E-state index in [-0.39, 0.29) is 16.7 Å². The molecule has 86 valence electrons. The molecule has 1 amide bonds. The number of carbonyl (C=O) groups excluding carboxylic acids is 1. The minimum absolute atomic E-state index is 0.00201. The molecule has 8 heteroatoms. The Morgan fingerprint density at radius 3 is 2.88 bits per heavy atom. The molecule has 0 fully saturated rings. The number of amides is 1. The van der Waals surface area contributed by atoms with Gasteiger partial charge in [0.2, 0.25) is 5.95 Å². The number of nitrogens with zero attached hydrogens (tertiary/aromatic N) is 4. The second kappa shape index (κ2) is 4.79. The summed E-state index contributed by atoms with van der Waals surface area (Å²) in [4.78, 5) is 18.9. The molecule has 0 aromatic carbocycles. The van der Waals surface area contributed by atoms with Crippen LogP contribution < -0.4 is 5.32 Å². The van der Waals surface area contributed by atoms with Gasteiger partial charge in [0.25, 0.3) is 5.91 Å². The molecule has 2 heterocycles. The summed E-state index contributed by atoms with van der Waals surface area (Å²) in [5, 5.41) is 9.28. The number of hydrogen-bond donors (Lipinski definition) is 1. The molecule has 17 heavy (non-hydrogen) atoms. The molecule has 0 bridgehead atoms. The zero-order valence-corrected chi connectivity index (χ0v) is 9.02. The van der Waals surface area contributed by atoms with E-state index in [9.17, 15) is 9.18 Å². The molecule has 0 aliphatic rings. The highest BCUT2D eigenvalue weighted by atomic mass is 35.5. The van der Waals surface area contributed by atoms with Crippen LogP contribution in [0.2, 0.25) is 5.15 Å². The van der Waals surface area contributed by atoms with E-state index < -0.39 is 11.7 Å². The molecule has 0 atom stereocenters. The first kappa shape index (κ1) is 11.3. The molecule has 6 nitrogen and oxygen atoms in total. The first-order valence-electron chi connectivity index (χ1n) is 4.43. The Kier molecular flexibility index (Phi) is 3.20. The van der Waals surface area contributed by atoms with Crippen LogP contribution in [0.4, 0.5) is 10.3 Å². The van der Waals surface area contributed by atoms with Crippen molar-refractivity contribution in [2.75, 3.05) is 5.32 Å². The van der Waals surface area contributed by atoms with Gasteiger partial charge in [0.05, 0.1) is 24.2 Å². The van der Waals surface area contributed by atoms with Crippen molar-refractivity contribution in [1.29, 1.82) is 0 Å². The SMILES string of the molecule is O=C(Nc1nccnn1)c1cc(F)cnc1Cl. The van der Waals surface area contributed by atoms with Crippen LogP contribution in [-0.4, -0.2) is 26.1 Å². The quantitative estimate of drug-likeness (QED) is 0.816. The molecule has 0 saturated carbocycles. The fourth-order valence-electron chi connectivity index (χ4n) is 1.06. The maximum atomic E-state index is 12.9. The zero-order valence-electron chi connectivity index (χ0n) is 8.26.